The lowest BCUT2D eigenvalue weighted by Crippen LogP contribution is -2.28. The zero-order chi connectivity index (χ0) is 11.7. The molecular weight excluding hydrogens is 186 g/mol. The maximum absolute atomic E-state index is 5.27. The summed E-state index contributed by atoms with van der Waals surface area (Å²) < 4.78 is 5.27. The summed E-state index contributed by atoms with van der Waals surface area (Å²) in [7, 11) is 3.86. The van der Waals surface area contributed by atoms with Crippen molar-refractivity contribution >= 4 is 0 Å². The lowest BCUT2D eigenvalue weighted by molar-refractivity contribution is 0.105. The highest BCUT2D eigenvalue weighted by Crippen LogP contribution is 2.16. The van der Waals surface area contributed by atoms with Crippen LogP contribution in [-0.4, -0.2) is 26.3 Å². The Morgan fingerprint density at radius 1 is 1.13 bits per heavy atom. The van der Waals surface area contributed by atoms with Gasteiger partial charge in [-0.2, -0.15) is 0 Å². The van der Waals surface area contributed by atoms with Gasteiger partial charge in [0.25, 0.3) is 0 Å². The van der Waals surface area contributed by atoms with Gasteiger partial charge in [0.15, 0.2) is 0 Å². The Hall–Kier alpha value is -0.0800. The van der Waals surface area contributed by atoms with E-state index in [9.17, 15) is 0 Å². The molecule has 0 saturated carbocycles. The predicted octanol–water partition coefficient (Wildman–Crippen LogP) is 3.22. The van der Waals surface area contributed by atoms with Crippen molar-refractivity contribution in [2.45, 2.75) is 65.0 Å². The standard InChI is InChI=1S/C13H29NO/c1-6-7-11(2)10-13(14-4)9-8-12(3)15-5/h11-14H,6-10H2,1-5H3. The summed E-state index contributed by atoms with van der Waals surface area (Å²) in [5.74, 6) is 0.838. The van der Waals surface area contributed by atoms with Gasteiger partial charge in [-0.25, -0.2) is 0 Å². The minimum atomic E-state index is 0.391. The van der Waals surface area contributed by atoms with Crippen molar-refractivity contribution in [3.8, 4) is 0 Å². The van der Waals surface area contributed by atoms with Crippen LogP contribution in [0.4, 0.5) is 0 Å². The summed E-state index contributed by atoms with van der Waals surface area (Å²) in [6.07, 6.45) is 6.70. The van der Waals surface area contributed by atoms with E-state index in [-0.39, 0.29) is 0 Å². The lowest BCUT2D eigenvalue weighted by atomic mass is 9.94. The quantitative estimate of drug-likeness (QED) is 0.637. The van der Waals surface area contributed by atoms with Crippen LogP contribution in [0.5, 0.6) is 0 Å². The molecule has 3 unspecified atom stereocenters. The highest BCUT2D eigenvalue weighted by molar-refractivity contribution is 4.69. The molecule has 92 valence electrons. The van der Waals surface area contributed by atoms with Gasteiger partial charge in [-0.3, -0.25) is 0 Å². The van der Waals surface area contributed by atoms with Crippen LogP contribution in [-0.2, 0) is 4.74 Å². The van der Waals surface area contributed by atoms with Crippen LogP contribution >= 0.6 is 0 Å². The van der Waals surface area contributed by atoms with Crippen LogP contribution in [0, 0.1) is 5.92 Å². The molecule has 0 spiro atoms. The first-order valence-corrected chi connectivity index (χ1v) is 6.34. The van der Waals surface area contributed by atoms with Crippen LogP contribution in [0.15, 0.2) is 0 Å². The van der Waals surface area contributed by atoms with E-state index in [0.29, 0.717) is 12.1 Å². The molecule has 3 atom stereocenters. The highest BCUT2D eigenvalue weighted by atomic mass is 16.5. The molecule has 2 heteroatoms. The van der Waals surface area contributed by atoms with Crippen molar-refractivity contribution < 1.29 is 4.74 Å². The third-order valence-corrected chi connectivity index (χ3v) is 3.20. The van der Waals surface area contributed by atoms with Crippen LogP contribution in [0.2, 0.25) is 0 Å². The Balaban J connectivity index is 3.71. The van der Waals surface area contributed by atoms with Gasteiger partial charge in [-0.05, 0) is 39.2 Å². The summed E-state index contributed by atoms with van der Waals surface area (Å²) in [5.41, 5.74) is 0. The molecule has 1 N–H and O–H groups in total. The van der Waals surface area contributed by atoms with Crippen molar-refractivity contribution in [3.05, 3.63) is 0 Å². The number of ether oxygens (including phenoxy) is 1. The fraction of sp³-hybridized carbons (Fsp3) is 1.00. The first kappa shape index (κ1) is 14.9. The zero-order valence-electron chi connectivity index (χ0n) is 11.2. The molecule has 0 fully saturated rings. The molecule has 0 saturated heterocycles. The highest BCUT2D eigenvalue weighted by Gasteiger charge is 2.12. The minimum absolute atomic E-state index is 0.391. The van der Waals surface area contributed by atoms with E-state index in [4.69, 9.17) is 4.74 Å². The molecule has 0 aromatic rings. The molecule has 0 aliphatic heterocycles. The summed E-state index contributed by atoms with van der Waals surface area (Å²) >= 11 is 0. The molecule has 0 amide bonds. The molecule has 0 aliphatic rings. The van der Waals surface area contributed by atoms with E-state index in [1.165, 1.54) is 25.7 Å². The van der Waals surface area contributed by atoms with Crippen molar-refractivity contribution in [2.24, 2.45) is 5.92 Å². The summed E-state index contributed by atoms with van der Waals surface area (Å²) in [6.45, 7) is 6.76. The Kier molecular flexibility index (Phi) is 9.12. The fourth-order valence-electron chi connectivity index (χ4n) is 2.03. The van der Waals surface area contributed by atoms with E-state index >= 15 is 0 Å². The van der Waals surface area contributed by atoms with E-state index in [1.807, 2.05) is 0 Å². The Bertz CT molecular complexity index is 138. The predicted molar refractivity (Wildman–Crippen MR) is 67.2 cm³/mol. The third-order valence-electron chi connectivity index (χ3n) is 3.20. The van der Waals surface area contributed by atoms with Gasteiger partial charge in [-0.1, -0.05) is 26.7 Å². The molecule has 0 heterocycles. The zero-order valence-corrected chi connectivity index (χ0v) is 11.2. The summed E-state index contributed by atoms with van der Waals surface area (Å²) in [6, 6.07) is 0.657. The average molecular weight is 215 g/mol. The Labute approximate surface area is 95.8 Å². The van der Waals surface area contributed by atoms with Gasteiger partial charge in [0, 0.05) is 13.2 Å². The minimum Gasteiger partial charge on any atom is -0.382 e. The van der Waals surface area contributed by atoms with Crippen molar-refractivity contribution in [2.75, 3.05) is 14.2 Å². The van der Waals surface area contributed by atoms with Crippen LogP contribution in [0.1, 0.15) is 52.9 Å². The largest absolute Gasteiger partial charge is 0.382 e. The number of hydrogen-bond acceptors (Lipinski definition) is 2. The van der Waals surface area contributed by atoms with Gasteiger partial charge < -0.3 is 10.1 Å². The van der Waals surface area contributed by atoms with E-state index in [1.54, 1.807) is 7.11 Å². The second-order valence-corrected chi connectivity index (χ2v) is 4.74. The SMILES string of the molecule is CCCC(C)CC(CCC(C)OC)NC. The number of hydrogen-bond donors (Lipinski definition) is 1. The van der Waals surface area contributed by atoms with Crippen LogP contribution in [0.25, 0.3) is 0 Å². The lowest BCUT2D eigenvalue weighted by Gasteiger charge is -2.21. The molecular formula is C13H29NO. The van der Waals surface area contributed by atoms with Crippen molar-refractivity contribution in [3.63, 3.8) is 0 Å². The second-order valence-electron chi connectivity index (χ2n) is 4.74. The molecule has 15 heavy (non-hydrogen) atoms. The molecule has 0 bridgehead atoms. The van der Waals surface area contributed by atoms with Crippen LogP contribution < -0.4 is 5.32 Å². The van der Waals surface area contributed by atoms with E-state index < -0.39 is 0 Å². The number of nitrogens with one attached hydrogen (secondary N) is 1. The molecule has 0 aromatic heterocycles. The first-order valence-electron chi connectivity index (χ1n) is 6.34. The van der Waals surface area contributed by atoms with Gasteiger partial charge in [0.2, 0.25) is 0 Å². The first-order chi connectivity index (χ1) is 7.13. The smallest absolute Gasteiger partial charge is 0.0543 e. The van der Waals surface area contributed by atoms with Gasteiger partial charge in [-0.15, -0.1) is 0 Å². The monoisotopic (exact) mass is 215 g/mol. The van der Waals surface area contributed by atoms with Crippen molar-refractivity contribution in [1.29, 1.82) is 0 Å². The van der Waals surface area contributed by atoms with Gasteiger partial charge in [0.05, 0.1) is 6.10 Å². The maximum Gasteiger partial charge on any atom is 0.0543 e. The topological polar surface area (TPSA) is 21.3 Å². The summed E-state index contributed by atoms with van der Waals surface area (Å²) in [5, 5.41) is 3.42. The summed E-state index contributed by atoms with van der Waals surface area (Å²) in [4.78, 5) is 0. The number of methoxy groups -OCH3 is 1. The second kappa shape index (κ2) is 9.17. The van der Waals surface area contributed by atoms with Gasteiger partial charge in [0.1, 0.15) is 0 Å². The maximum atomic E-state index is 5.27. The molecule has 0 aliphatic carbocycles. The normalized spacial score (nSPS) is 17.4. The Morgan fingerprint density at radius 3 is 2.27 bits per heavy atom. The third kappa shape index (κ3) is 7.80. The molecule has 0 rings (SSSR count). The molecule has 0 aromatic carbocycles. The van der Waals surface area contributed by atoms with Gasteiger partial charge >= 0.3 is 0 Å². The van der Waals surface area contributed by atoms with Crippen LogP contribution in [0.3, 0.4) is 0 Å². The van der Waals surface area contributed by atoms with E-state index in [0.717, 1.165) is 12.3 Å². The molecule has 0 radical (unpaired) electrons. The molecule has 2 nitrogen and oxygen atoms in total. The number of rotatable bonds is 9. The average Bonchev–Trinajstić information content (AvgIpc) is 2.23. The Morgan fingerprint density at radius 2 is 1.80 bits per heavy atom. The fourth-order valence-corrected chi connectivity index (χ4v) is 2.03. The van der Waals surface area contributed by atoms with E-state index in [2.05, 4.69) is 33.1 Å². The van der Waals surface area contributed by atoms with Crippen molar-refractivity contribution in [1.82, 2.24) is 5.32 Å².